The number of aryl methyl sites for hydroxylation is 1. The van der Waals surface area contributed by atoms with E-state index >= 15 is 0 Å². The highest BCUT2D eigenvalue weighted by Crippen LogP contribution is 2.31. The van der Waals surface area contributed by atoms with Crippen LogP contribution in [-0.4, -0.2) is 29.8 Å². The molecule has 1 fully saturated rings. The second kappa shape index (κ2) is 4.78. The molecule has 4 heteroatoms. The Morgan fingerprint density at radius 3 is 3.00 bits per heavy atom. The van der Waals surface area contributed by atoms with E-state index in [1.165, 1.54) is 6.07 Å². The Balaban J connectivity index is 2.09. The van der Waals surface area contributed by atoms with Gasteiger partial charge in [-0.3, -0.25) is 4.98 Å². The average Bonchev–Trinajstić information content (AvgIpc) is 2.87. The summed E-state index contributed by atoms with van der Waals surface area (Å²) >= 11 is 0. The maximum absolute atomic E-state index is 13.5. The van der Waals surface area contributed by atoms with E-state index in [-0.39, 0.29) is 12.4 Å². The summed E-state index contributed by atoms with van der Waals surface area (Å²) in [5.74, 6) is 0.0781. The Kier molecular flexibility index (Phi) is 3.11. The number of nitrogens with zero attached hydrogens (tertiary/aromatic N) is 2. The molecule has 0 radical (unpaired) electrons. The predicted molar refractivity (Wildman–Crippen MR) is 73.8 cm³/mol. The SMILES string of the molecule is Cc1cc(N2CCC(CO)C2)c2cc(F)ccc2n1. The minimum absolute atomic E-state index is 0.215. The van der Waals surface area contributed by atoms with Crippen molar-refractivity contribution in [3.05, 3.63) is 35.8 Å². The van der Waals surface area contributed by atoms with Crippen LogP contribution in [0.2, 0.25) is 0 Å². The standard InChI is InChI=1S/C15H17FN2O/c1-10-6-15(18-5-4-11(8-18)9-19)13-7-12(16)2-3-14(13)17-10/h2-3,6-7,11,19H,4-5,8-9H2,1H3. The lowest BCUT2D eigenvalue weighted by atomic mass is 10.1. The van der Waals surface area contributed by atoms with Crippen molar-refractivity contribution in [3.63, 3.8) is 0 Å². The Bertz CT molecular complexity index is 614. The summed E-state index contributed by atoms with van der Waals surface area (Å²) in [5.41, 5.74) is 2.78. The normalized spacial score (nSPS) is 19.3. The number of fused-ring (bicyclic) bond motifs is 1. The molecule has 100 valence electrons. The minimum atomic E-state index is -0.239. The lowest BCUT2D eigenvalue weighted by Crippen LogP contribution is -2.21. The summed E-state index contributed by atoms with van der Waals surface area (Å²) in [6.07, 6.45) is 0.981. The topological polar surface area (TPSA) is 36.4 Å². The lowest BCUT2D eigenvalue weighted by molar-refractivity contribution is 0.238. The van der Waals surface area contributed by atoms with Crippen LogP contribution in [0.15, 0.2) is 24.3 Å². The molecule has 0 saturated carbocycles. The van der Waals surface area contributed by atoms with Crippen LogP contribution in [-0.2, 0) is 0 Å². The van der Waals surface area contributed by atoms with Crippen LogP contribution in [0.25, 0.3) is 10.9 Å². The Morgan fingerprint density at radius 2 is 2.26 bits per heavy atom. The molecule has 1 aromatic heterocycles. The Morgan fingerprint density at radius 1 is 1.42 bits per heavy atom. The van der Waals surface area contributed by atoms with E-state index in [0.29, 0.717) is 5.92 Å². The first-order valence-corrected chi connectivity index (χ1v) is 6.60. The van der Waals surface area contributed by atoms with Crippen molar-refractivity contribution in [2.75, 3.05) is 24.6 Å². The van der Waals surface area contributed by atoms with Gasteiger partial charge >= 0.3 is 0 Å². The van der Waals surface area contributed by atoms with E-state index in [2.05, 4.69) is 9.88 Å². The van der Waals surface area contributed by atoms with E-state index < -0.39 is 0 Å². The molecule has 0 aliphatic carbocycles. The van der Waals surface area contributed by atoms with Gasteiger partial charge in [0, 0.05) is 42.4 Å². The average molecular weight is 260 g/mol. The molecule has 1 aliphatic heterocycles. The van der Waals surface area contributed by atoms with Crippen LogP contribution >= 0.6 is 0 Å². The maximum atomic E-state index is 13.5. The molecule has 0 bridgehead atoms. The van der Waals surface area contributed by atoms with Gasteiger partial charge in [-0.2, -0.15) is 0 Å². The van der Waals surface area contributed by atoms with Crippen LogP contribution < -0.4 is 4.90 Å². The maximum Gasteiger partial charge on any atom is 0.124 e. The Labute approximate surface area is 111 Å². The van der Waals surface area contributed by atoms with Gasteiger partial charge in [0.1, 0.15) is 5.82 Å². The number of aromatic nitrogens is 1. The van der Waals surface area contributed by atoms with Crippen LogP contribution in [0.3, 0.4) is 0 Å². The number of hydrogen-bond donors (Lipinski definition) is 1. The molecule has 1 saturated heterocycles. The molecule has 3 nitrogen and oxygen atoms in total. The lowest BCUT2D eigenvalue weighted by Gasteiger charge is -2.21. The first-order chi connectivity index (χ1) is 9.17. The molecule has 1 aliphatic rings. The molecular weight excluding hydrogens is 243 g/mol. The fourth-order valence-corrected chi connectivity index (χ4v) is 2.77. The summed E-state index contributed by atoms with van der Waals surface area (Å²) in [6, 6.07) is 6.71. The van der Waals surface area contributed by atoms with E-state index in [1.54, 1.807) is 12.1 Å². The number of benzene rings is 1. The quantitative estimate of drug-likeness (QED) is 0.901. The number of anilines is 1. The van der Waals surface area contributed by atoms with Crippen LogP contribution in [0.4, 0.5) is 10.1 Å². The molecule has 2 heterocycles. The van der Waals surface area contributed by atoms with Crippen molar-refractivity contribution < 1.29 is 9.50 Å². The first kappa shape index (κ1) is 12.4. The second-order valence-corrected chi connectivity index (χ2v) is 5.23. The van der Waals surface area contributed by atoms with Gasteiger partial charge in [-0.25, -0.2) is 4.39 Å². The summed E-state index contributed by atoms with van der Waals surface area (Å²) in [4.78, 5) is 6.66. The van der Waals surface area contributed by atoms with Crippen molar-refractivity contribution >= 4 is 16.6 Å². The Hall–Kier alpha value is -1.68. The van der Waals surface area contributed by atoms with Crippen molar-refractivity contribution in [2.24, 2.45) is 5.92 Å². The zero-order valence-electron chi connectivity index (χ0n) is 10.9. The largest absolute Gasteiger partial charge is 0.396 e. The van der Waals surface area contributed by atoms with Crippen molar-refractivity contribution in [1.82, 2.24) is 4.98 Å². The van der Waals surface area contributed by atoms with Gasteiger partial charge in [0.2, 0.25) is 0 Å². The highest BCUT2D eigenvalue weighted by molar-refractivity contribution is 5.92. The number of halogens is 1. The molecule has 1 unspecified atom stereocenters. The predicted octanol–water partition coefficient (Wildman–Crippen LogP) is 2.50. The van der Waals surface area contributed by atoms with Gasteiger partial charge < -0.3 is 10.0 Å². The molecule has 0 spiro atoms. The van der Waals surface area contributed by atoms with Crippen LogP contribution in [0, 0.1) is 18.7 Å². The van der Waals surface area contributed by atoms with E-state index in [4.69, 9.17) is 0 Å². The van der Waals surface area contributed by atoms with Crippen LogP contribution in [0.1, 0.15) is 12.1 Å². The number of aliphatic hydroxyl groups is 1. The summed E-state index contributed by atoms with van der Waals surface area (Å²) in [6.45, 7) is 3.89. The van der Waals surface area contributed by atoms with Gasteiger partial charge in [-0.05, 0) is 37.6 Å². The van der Waals surface area contributed by atoms with Gasteiger partial charge in [0.05, 0.1) is 5.52 Å². The van der Waals surface area contributed by atoms with E-state index in [0.717, 1.165) is 41.8 Å². The van der Waals surface area contributed by atoms with E-state index in [1.807, 2.05) is 13.0 Å². The molecular formula is C15H17FN2O. The van der Waals surface area contributed by atoms with Crippen molar-refractivity contribution in [3.8, 4) is 0 Å². The summed E-state index contributed by atoms with van der Waals surface area (Å²) in [7, 11) is 0. The molecule has 1 N–H and O–H groups in total. The number of pyridine rings is 1. The summed E-state index contributed by atoms with van der Waals surface area (Å²) < 4.78 is 13.5. The molecule has 1 atom stereocenters. The zero-order chi connectivity index (χ0) is 13.4. The molecule has 2 aromatic rings. The van der Waals surface area contributed by atoms with Crippen molar-refractivity contribution in [2.45, 2.75) is 13.3 Å². The van der Waals surface area contributed by atoms with Crippen molar-refractivity contribution in [1.29, 1.82) is 0 Å². The third-order valence-corrected chi connectivity index (χ3v) is 3.76. The fourth-order valence-electron chi connectivity index (χ4n) is 2.77. The van der Waals surface area contributed by atoms with Gasteiger partial charge in [-0.1, -0.05) is 0 Å². The number of aliphatic hydroxyl groups excluding tert-OH is 1. The highest BCUT2D eigenvalue weighted by atomic mass is 19.1. The smallest absolute Gasteiger partial charge is 0.124 e. The fraction of sp³-hybridized carbons (Fsp3) is 0.400. The van der Waals surface area contributed by atoms with E-state index in [9.17, 15) is 9.50 Å². The van der Waals surface area contributed by atoms with Gasteiger partial charge in [-0.15, -0.1) is 0 Å². The second-order valence-electron chi connectivity index (χ2n) is 5.23. The number of hydrogen-bond acceptors (Lipinski definition) is 3. The minimum Gasteiger partial charge on any atom is -0.396 e. The van der Waals surface area contributed by atoms with Gasteiger partial charge in [0.25, 0.3) is 0 Å². The number of rotatable bonds is 2. The first-order valence-electron chi connectivity index (χ1n) is 6.60. The molecule has 0 amide bonds. The third-order valence-electron chi connectivity index (χ3n) is 3.76. The zero-order valence-corrected chi connectivity index (χ0v) is 10.9. The molecule has 19 heavy (non-hydrogen) atoms. The third kappa shape index (κ3) is 2.28. The summed E-state index contributed by atoms with van der Waals surface area (Å²) in [5, 5.41) is 10.1. The molecule has 3 rings (SSSR count). The van der Waals surface area contributed by atoms with Gasteiger partial charge in [0.15, 0.2) is 0 Å². The van der Waals surface area contributed by atoms with Crippen LogP contribution in [0.5, 0.6) is 0 Å². The monoisotopic (exact) mass is 260 g/mol. The highest BCUT2D eigenvalue weighted by Gasteiger charge is 2.23. The molecule has 1 aromatic carbocycles.